The van der Waals surface area contributed by atoms with Crippen molar-refractivity contribution >= 4 is 39.9 Å². The third-order valence-electron chi connectivity index (χ3n) is 4.67. The Hall–Kier alpha value is -4.18. The van der Waals surface area contributed by atoms with E-state index in [4.69, 9.17) is 11.6 Å². The molecule has 11 heteroatoms. The molecule has 0 bridgehead atoms. The molecule has 2 aromatic carbocycles. The smallest absolute Gasteiger partial charge is 0.270 e. The van der Waals surface area contributed by atoms with Gasteiger partial charge in [-0.1, -0.05) is 11.6 Å². The number of carbonyl (C=O) groups is 1. The first-order valence-electron chi connectivity index (χ1n) is 9.16. The molecule has 1 N–H and O–H groups in total. The largest absolute Gasteiger partial charge is 0.319 e. The van der Waals surface area contributed by atoms with E-state index in [0.717, 1.165) is 18.2 Å². The van der Waals surface area contributed by atoms with Gasteiger partial charge in [0.15, 0.2) is 5.65 Å². The van der Waals surface area contributed by atoms with Crippen molar-refractivity contribution in [1.29, 1.82) is 0 Å². The van der Waals surface area contributed by atoms with E-state index in [1.165, 1.54) is 29.0 Å². The summed E-state index contributed by atoms with van der Waals surface area (Å²) in [5.74, 6) is -1.31. The van der Waals surface area contributed by atoms with Crippen molar-refractivity contribution in [2.24, 2.45) is 0 Å². The standard InChI is InChI=1S/C21H13ClFN5O4/c1-11-25-19-14(3-2-8-24-19)21(30)27(11)12-5-7-17(23)18(10-12)26-20(29)15-9-13(28(31)32)4-6-16(15)22/h2-10H,1H3,(H,26,29). The van der Waals surface area contributed by atoms with E-state index in [-0.39, 0.29) is 38.7 Å². The first kappa shape index (κ1) is 21.1. The van der Waals surface area contributed by atoms with E-state index >= 15 is 0 Å². The molecular formula is C21H13ClFN5O4. The highest BCUT2D eigenvalue weighted by molar-refractivity contribution is 6.34. The molecule has 4 aromatic rings. The van der Waals surface area contributed by atoms with Crippen molar-refractivity contribution in [3.05, 3.63) is 97.4 Å². The number of nitrogens with zero attached hydrogens (tertiary/aromatic N) is 4. The van der Waals surface area contributed by atoms with Crippen LogP contribution in [0.4, 0.5) is 15.8 Å². The third-order valence-corrected chi connectivity index (χ3v) is 5.00. The van der Waals surface area contributed by atoms with Gasteiger partial charge < -0.3 is 5.32 Å². The fourth-order valence-corrected chi connectivity index (χ4v) is 3.37. The number of nitro benzene ring substituents is 1. The van der Waals surface area contributed by atoms with Crippen LogP contribution in [0.5, 0.6) is 0 Å². The highest BCUT2D eigenvalue weighted by atomic mass is 35.5. The van der Waals surface area contributed by atoms with E-state index in [1.54, 1.807) is 19.1 Å². The van der Waals surface area contributed by atoms with Gasteiger partial charge in [0.05, 0.1) is 32.3 Å². The highest BCUT2D eigenvalue weighted by Gasteiger charge is 2.18. The monoisotopic (exact) mass is 453 g/mol. The molecule has 0 radical (unpaired) electrons. The van der Waals surface area contributed by atoms with Gasteiger partial charge in [0.25, 0.3) is 17.2 Å². The lowest BCUT2D eigenvalue weighted by molar-refractivity contribution is -0.384. The molecule has 2 aromatic heterocycles. The number of rotatable bonds is 4. The van der Waals surface area contributed by atoms with E-state index in [9.17, 15) is 24.1 Å². The Morgan fingerprint density at radius 2 is 2.00 bits per heavy atom. The topological polar surface area (TPSA) is 120 Å². The summed E-state index contributed by atoms with van der Waals surface area (Å²) in [6, 6.07) is 10.2. The summed E-state index contributed by atoms with van der Waals surface area (Å²) in [6.07, 6.45) is 1.52. The summed E-state index contributed by atoms with van der Waals surface area (Å²) in [7, 11) is 0. The Morgan fingerprint density at radius 3 is 2.75 bits per heavy atom. The number of halogens is 2. The predicted molar refractivity (Wildman–Crippen MR) is 116 cm³/mol. The number of fused-ring (bicyclic) bond motifs is 1. The molecule has 4 rings (SSSR count). The summed E-state index contributed by atoms with van der Waals surface area (Å²) in [5.41, 5.74) is -0.655. The van der Waals surface area contributed by atoms with Gasteiger partial charge in [0.2, 0.25) is 0 Å². The lowest BCUT2D eigenvalue weighted by Gasteiger charge is -2.13. The average Bonchev–Trinajstić information content (AvgIpc) is 2.76. The van der Waals surface area contributed by atoms with Gasteiger partial charge in [0.1, 0.15) is 11.6 Å². The van der Waals surface area contributed by atoms with Gasteiger partial charge in [-0.15, -0.1) is 0 Å². The molecule has 0 saturated carbocycles. The Balaban J connectivity index is 1.76. The lowest BCUT2D eigenvalue weighted by atomic mass is 10.1. The molecule has 0 aliphatic carbocycles. The van der Waals surface area contributed by atoms with E-state index in [0.29, 0.717) is 5.82 Å². The molecule has 0 fully saturated rings. The highest BCUT2D eigenvalue weighted by Crippen LogP contribution is 2.25. The first-order chi connectivity index (χ1) is 15.3. The summed E-state index contributed by atoms with van der Waals surface area (Å²) in [6.45, 7) is 1.60. The number of hydrogen-bond acceptors (Lipinski definition) is 6. The zero-order valence-corrected chi connectivity index (χ0v) is 17.1. The average molecular weight is 454 g/mol. The van der Waals surface area contributed by atoms with Gasteiger partial charge in [-0.3, -0.25) is 24.3 Å². The van der Waals surface area contributed by atoms with Gasteiger partial charge in [-0.2, -0.15) is 0 Å². The molecule has 1 amide bonds. The number of benzene rings is 2. The molecule has 0 atom stereocenters. The van der Waals surface area contributed by atoms with E-state index in [2.05, 4.69) is 15.3 Å². The molecule has 32 heavy (non-hydrogen) atoms. The zero-order chi connectivity index (χ0) is 23.0. The second-order valence-corrected chi connectivity index (χ2v) is 7.12. The van der Waals surface area contributed by atoms with Crippen LogP contribution in [-0.4, -0.2) is 25.4 Å². The van der Waals surface area contributed by atoms with Crippen LogP contribution < -0.4 is 10.9 Å². The molecule has 0 unspecified atom stereocenters. The van der Waals surface area contributed by atoms with E-state index < -0.39 is 22.2 Å². The number of non-ortho nitro benzene ring substituents is 1. The fraction of sp³-hybridized carbons (Fsp3) is 0.0476. The number of aryl methyl sites for hydroxylation is 1. The van der Waals surface area contributed by atoms with E-state index in [1.807, 2.05) is 0 Å². The second kappa shape index (κ2) is 8.16. The molecule has 0 aliphatic heterocycles. The van der Waals surface area contributed by atoms with Crippen LogP contribution in [0, 0.1) is 22.9 Å². The van der Waals surface area contributed by atoms with Crippen LogP contribution in [0.15, 0.2) is 59.5 Å². The maximum atomic E-state index is 14.5. The Bertz CT molecular complexity index is 1470. The Labute approximate surface area is 184 Å². The lowest BCUT2D eigenvalue weighted by Crippen LogP contribution is -2.23. The Morgan fingerprint density at radius 1 is 1.22 bits per heavy atom. The predicted octanol–water partition coefficient (Wildman–Crippen LogP) is 4.04. The summed E-state index contributed by atoms with van der Waals surface area (Å²) < 4.78 is 15.7. The number of anilines is 1. The number of amides is 1. The van der Waals surface area contributed by atoms with Crippen LogP contribution >= 0.6 is 11.6 Å². The maximum absolute atomic E-state index is 14.5. The molecule has 0 spiro atoms. The van der Waals surface area contributed by atoms with Crippen molar-refractivity contribution in [2.75, 3.05) is 5.32 Å². The summed E-state index contributed by atoms with van der Waals surface area (Å²) in [5, 5.41) is 13.6. The van der Waals surface area contributed by atoms with Gasteiger partial charge in [0, 0.05) is 18.3 Å². The minimum absolute atomic E-state index is 0.0389. The molecule has 160 valence electrons. The zero-order valence-electron chi connectivity index (χ0n) is 16.4. The van der Waals surface area contributed by atoms with Crippen LogP contribution in [0.25, 0.3) is 16.7 Å². The van der Waals surface area contributed by atoms with Crippen LogP contribution in [0.2, 0.25) is 5.02 Å². The third kappa shape index (κ3) is 3.79. The minimum Gasteiger partial charge on any atom is -0.319 e. The van der Waals surface area contributed by atoms with Crippen molar-refractivity contribution in [3.8, 4) is 5.69 Å². The number of nitrogens with one attached hydrogen (secondary N) is 1. The summed E-state index contributed by atoms with van der Waals surface area (Å²) >= 11 is 5.99. The molecular weight excluding hydrogens is 441 g/mol. The van der Waals surface area contributed by atoms with Gasteiger partial charge in [-0.05, 0) is 43.3 Å². The number of pyridine rings is 1. The van der Waals surface area contributed by atoms with Gasteiger partial charge in [-0.25, -0.2) is 14.4 Å². The van der Waals surface area contributed by atoms with Crippen LogP contribution in [-0.2, 0) is 0 Å². The van der Waals surface area contributed by atoms with Crippen molar-refractivity contribution < 1.29 is 14.1 Å². The van der Waals surface area contributed by atoms with Crippen molar-refractivity contribution in [2.45, 2.75) is 6.92 Å². The number of carbonyl (C=O) groups excluding carboxylic acids is 1. The maximum Gasteiger partial charge on any atom is 0.270 e. The molecule has 9 nitrogen and oxygen atoms in total. The van der Waals surface area contributed by atoms with Crippen LogP contribution in [0.3, 0.4) is 0 Å². The summed E-state index contributed by atoms with van der Waals surface area (Å²) in [4.78, 5) is 44.3. The number of hydrogen-bond donors (Lipinski definition) is 1. The second-order valence-electron chi connectivity index (χ2n) is 6.71. The quantitative estimate of drug-likeness (QED) is 0.368. The fourth-order valence-electron chi connectivity index (χ4n) is 3.17. The van der Waals surface area contributed by atoms with Crippen molar-refractivity contribution in [1.82, 2.24) is 14.5 Å². The molecule has 0 saturated heterocycles. The molecule has 0 aliphatic rings. The SMILES string of the molecule is Cc1nc2ncccc2c(=O)n1-c1ccc(F)c(NC(=O)c2cc([N+](=O)[O-])ccc2Cl)c1. The number of nitro groups is 1. The normalized spacial score (nSPS) is 10.8. The molecule has 2 heterocycles. The van der Waals surface area contributed by atoms with Crippen LogP contribution in [0.1, 0.15) is 16.2 Å². The minimum atomic E-state index is -0.848. The van der Waals surface area contributed by atoms with Gasteiger partial charge >= 0.3 is 0 Å². The van der Waals surface area contributed by atoms with Crippen molar-refractivity contribution in [3.63, 3.8) is 0 Å². The number of aromatic nitrogens is 3. The Kier molecular flexibility index (Phi) is 5.37. The first-order valence-corrected chi connectivity index (χ1v) is 9.53.